The van der Waals surface area contributed by atoms with Gasteiger partial charge in [0.15, 0.2) is 0 Å². The number of hydrogen-bond acceptors (Lipinski definition) is 9. The number of nitrogens with zero attached hydrogens (tertiary/aromatic N) is 6. The summed E-state index contributed by atoms with van der Waals surface area (Å²) in [4.78, 5) is 61.7. The molecule has 0 aliphatic carbocycles. The van der Waals surface area contributed by atoms with E-state index in [1.807, 2.05) is 30.0 Å². The molecule has 12 heteroatoms. The van der Waals surface area contributed by atoms with Crippen molar-refractivity contribution in [2.45, 2.75) is 69.7 Å². The third-order valence-corrected chi connectivity index (χ3v) is 12.6. The second kappa shape index (κ2) is 14.6. The highest BCUT2D eigenvalue weighted by Gasteiger charge is 2.39. The van der Waals surface area contributed by atoms with Gasteiger partial charge in [-0.25, -0.2) is 4.68 Å². The van der Waals surface area contributed by atoms with Gasteiger partial charge in [-0.15, -0.1) is 0 Å². The number of carbonyl (C=O) groups is 3. The van der Waals surface area contributed by atoms with Gasteiger partial charge in [0.05, 0.1) is 23.5 Å². The van der Waals surface area contributed by atoms with Crippen LogP contribution in [0.25, 0.3) is 10.8 Å². The average molecular weight is 731 g/mol. The summed E-state index contributed by atoms with van der Waals surface area (Å²) in [6.07, 6.45) is 9.50. The van der Waals surface area contributed by atoms with Gasteiger partial charge in [-0.3, -0.25) is 29.5 Å². The summed E-state index contributed by atoms with van der Waals surface area (Å²) >= 11 is 0. The van der Waals surface area contributed by atoms with Crippen molar-refractivity contribution in [1.82, 2.24) is 29.9 Å². The number of piperidine rings is 4. The Labute approximate surface area is 315 Å². The lowest BCUT2D eigenvalue weighted by Gasteiger charge is -2.47. The molecule has 2 N–H and O–H groups in total. The van der Waals surface area contributed by atoms with Gasteiger partial charge < -0.3 is 20.0 Å². The summed E-state index contributed by atoms with van der Waals surface area (Å²) in [5, 5.41) is 12.3. The molecular weight excluding hydrogens is 681 g/mol. The van der Waals surface area contributed by atoms with E-state index in [-0.39, 0.29) is 34.7 Å². The first-order valence-corrected chi connectivity index (χ1v) is 19.4. The molecule has 0 bridgehead atoms. The summed E-state index contributed by atoms with van der Waals surface area (Å²) in [7, 11) is 3.80. The van der Waals surface area contributed by atoms with Crippen molar-refractivity contribution in [2.24, 2.45) is 12.5 Å². The summed E-state index contributed by atoms with van der Waals surface area (Å²) in [6, 6.07) is 16.8. The highest BCUT2D eigenvalue weighted by Crippen LogP contribution is 2.43. The van der Waals surface area contributed by atoms with Crippen molar-refractivity contribution in [3.05, 3.63) is 93.7 Å². The highest BCUT2D eigenvalue weighted by molar-refractivity contribution is 6.02. The molecule has 12 nitrogen and oxygen atoms in total. The van der Waals surface area contributed by atoms with Crippen LogP contribution in [-0.4, -0.2) is 94.6 Å². The minimum atomic E-state index is -0.410. The first-order valence-electron chi connectivity index (χ1n) is 19.4. The van der Waals surface area contributed by atoms with Gasteiger partial charge in [-0.05, 0) is 105 Å². The third-order valence-electron chi connectivity index (χ3n) is 12.6. The molecule has 8 rings (SSSR count). The quantitative estimate of drug-likeness (QED) is 0.274. The SMILES string of the molecule is Cc1c(N[C@@H]2C[C@H](c3ccc(C(=O)N4CCC5(CC4)CCN(c4ccc6c(C7CCC(=O)NC7=O)nccc6c4)CC5)cc3)CN(C)C2)cnn(C)c1=O. The first-order chi connectivity index (χ1) is 26.1. The molecule has 54 heavy (non-hydrogen) atoms. The Morgan fingerprint density at radius 2 is 1.67 bits per heavy atom. The van der Waals surface area contributed by atoms with Crippen molar-refractivity contribution >= 4 is 39.9 Å². The van der Waals surface area contributed by atoms with Gasteiger partial charge in [-0.1, -0.05) is 18.2 Å². The molecule has 0 radical (unpaired) electrons. The maximum absolute atomic E-state index is 13.7. The van der Waals surface area contributed by atoms with Crippen molar-refractivity contribution in [2.75, 3.05) is 56.5 Å². The number of hydrogen-bond donors (Lipinski definition) is 2. The Bertz CT molecular complexity index is 2130. The van der Waals surface area contributed by atoms with Crippen molar-refractivity contribution in [1.29, 1.82) is 0 Å². The molecule has 3 atom stereocenters. The number of benzene rings is 2. The predicted octanol–water partition coefficient (Wildman–Crippen LogP) is 4.58. The van der Waals surface area contributed by atoms with Crippen LogP contribution in [0, 0.1) is 12.3 Å². The van der Waals surface area contributed by atoms with Crippen LogP contribution < -0.4 is 21.1 Å². The van der Waals surface area contributed by atoms with Gasteiger partial charge >= 0.3 is 0 Å². The molecule has 2 aromatic heterocycles. The highest BCUT2D eigenvalue weighted by atomic mass is 16.2. The molecule has 4 fully saturated rings. The van der Waals surface area contributed by atoms with E-state index in [9.17, 15) is 19.2 Å². The number of aryl methyl sites for hydroxylation is 1. The second-order valence-electron chi connectivity index (χ2n) is 16.1. The van der Waals surface area contributed by atoms with Gasteiger partial charge in [0, 0.05) is 87.2 Å². The summed E-state index contributed by atoms with van der Waals surface area (Å²) in [5.74, 6) is -0.461. The van der Waals surface area contributed by atoms with Crippen molar-refractivity contribution in [3.8, 4) is 0 Å². The van der Waals surface area contributed by atoms with E-state index in [1.54, 1.807) is 19.4 Å². The molecule has 282 valence electrons. The zero-order valence-electron chi connectivity index (χ0n) is 31.5. The number of likely N-dealkylation sites (tertiary alicyclic amines) is 2. The fourth-order valence-corrected chi connectivity index (χ4v) is 9.30. The number of pyridine rings is 1. The molecule has 3 amide bonds. The fourth-order valence-electron chi connectivity index (χ4n) is 9.30. The number of nitrogens with one attached hydrogen (secondary N) is 2. The summed E-state index contributed by atoms with van der Waals surface area (Å²) in [5.41, 5.74) is 5.53. The minimum Gasteiger partial charge on any atom is -0.379 e. The summed E-state index contributed by atoms with van der Waals surface area (Å²) < 4.78 is 1.36. The summed E-state index contributed by atoms with van der Waals surface area (Å²) in [6.45, 7) is 7.17. The van der Waals surface area contributed by atoms with E-state index in [0.29, 0.717) is 24.3 Å². The molecule has 1 spiro atoms. The van der Waals surface area contributed by atoms with Crippen molar-refractivity contribution < 1.29 is 14.4 Å². The Hall–Kier alpha value is -5.10. The molecule has 0 saturated carbocycles. The number of fused-ring (bicyclic) bond motifs is 1. The van der Waals surface area contributed by atoms with Crippen LogP contribution in [0.15, 0.2) is 65.7 Å². The standard InChI is InChI=1S/C42H50N8O4/c1-27-36(24-44-48(3)40(27)53)45-32-22-31(25-47(2)26-32)28-4-6-29(7-5-28)41(54)50-20-15-42(16-21-50)13-18-49(19-14-42)33-8-9-34-30(23-33)12-17-43-38(34)35-10-11-37(51)46-39(35)52/h4-9,12,17,23-24,31-32,35,45H,10-11,13-16,18-22,25-26H2,1-3H3,(H,46,51,52)/t31-,32+,35?/m0/s1. The first kappa shape index (κ1) is 35.9. The molecular formula is C42H50N8O4. The van der Waals surface area contributed by atoms with Crippen LogP contribution >= 0.6 is 0 Å². The number of rotatable bonds is 6. The maximum Gasteiger partial charge on any atom is 0.271 e. The largest absolute Gasteiger partial charge is 0.379 e. The van der Waals surface area contributed by atoms with Crippen LogP contribution in [-0.2, 0) is 16.6 Å². The Kier molecular flexibility index (Phi) is 9.72. The lowest BCUT2D eigenvalue weighted by Crippen LogP contribution is -2.48. The van der Waals surface area contributed by atoms with Crippen molar-refractivity contribution in [3.63, 3.8) is 0 Å². The van der Waals surface area contributed by atoms with Gasteiger partial charge in [0.2, 0.25) is 11.8 Å². The van der Waals surface area contributed by atoms with E-state index in [0.717, 1.165) is 99.1 Å². The molecule has 1 unspecified atom stereocenters. The maximum atomic E-state index is 13.7. The van der Waals surface area contributed by atoms with Crippen LogP contribution in [0.5, 0.6) is 0 Å². The minimum absolute atomic E-state index is 0.0868. The number of anilines is 2. The monoisotopic (exact) mass is 730 g/mol. The molecule has 6 heterocycles. The average Bonchev–Trinajstić information content (AvgIpc) is 3.18. The van der Waals surface area contributed by atoms with Crippen LogP contribution in [0.2, 0.25) is 0 Å². The lowest BCUT2D eigenvalue weighted by atomic mass is 9.71. The second-order valence-corrected chi connectivity index (χ2v) is 16.1. The molecule has 4 saturated heterocycles. The van der Waals surface area contributed by atoms with Crippen LogP contribution in [0.1, 0.15) is 84.0 Å². The van der Waals surface area contributed by atoms with E-state index < -0.39 is 5.92 Å². The Balaban J connectivity index is 0.850. The number of carbonyl (C=O) groups excluding carboxylic acids is 3. The van der Waals surface area contributed by atoms with Gasteiger partial charge in [-0.2, -0.15) is 5.10 Å². The Morgan fingerprint density at radius 3 is 2.41 bits per heavy atom. The third kappa shape index (κ3) is 7.11. The molecule has 4 aliphatic rings. The smallest absolute Gasteiger partial charge is 0.271 e. The van der Waals surface area contributed by atoms with E-state index in [4.69, 9.17) is 0 Å². The van der Waals surface area contributed by atoms with Crippen LogP contribution in [0.3, 0.4) is 0 Å². The zero-order valence-corrected chi connectivity index (χ0v) is 31.5. The lowest BCUT2D eigenvalue weighted by molar-refractivity contribution is -0.134. The van der Waals surface area contributed by atoms with Gasteiger partial charge in [0.25, 0.3) is 11.5 Å². The van der Waals surface area contributed by atoms with Crippen LogP contribution in [0.4, 0.5) is 11.4 Å². The number of aromatic nitrogens is 3. The van der Waals surface area contributed by atoms with E-state index >= 15 is 0 Å². The fraction of sp³-hybridized carbons (Fsp3) is 0.476. The topological polar surface area (TPSA) is 133 Å². The molecule has 2 aromatic carbocycles. The van der Waals surface area contributed by atoms with E-state index in [1.165, 1.54) is 15.9 Å². The normalized spacial score (nSPS) is 23.4. The zero-order chi connectivity index (χ0) is 37.6. The predicted molar refractivity (Wildman–Crippen MR) is 209 cm³/mol. The van der Waals surface area contributed by atoms with Gasteiger partial charge in [0.1, 0.15) is 0 Å². The number of imide groups is 1. The number of amides is 3. The molecule has 4 aliphatic heterocycles. The Morgan fingerprint density at radius 1 is 0.926 bits per heavy atom. The van der Waals surface area contributed by atoms with E-state index in [2.05, 4.69) is 67.9 Å². The molecule has 4 aromatic rings. The number of likely N-dealkylation sites (N-methyl/N-ethyl adjacent to an activating group) is 1.